The first-order valence-electron chi connectivity index (χ1n) is 5.84. The highest BCUT2D eigenvalue weighted by Crippen LogP contribution is 2.15. The van der Waals surface area contributed by atoms with Gasteiger partial charge in [0.05, 0.1) is 11.1 Å². The molecule has 0 aliphatic heterocycles. The number of amides is 2. The predicted octanol–water partition coefficient (Wildman–Crippen LogP) is 1.95. The lowest BCUT2D eigenvalue weighted by atomic mass is 10.2. The molecular formula is C12H13N5O3. The highest BCUT2D eigenvalue weighted by Gasteiger charge is 2.07. The van der Waals surface area contributed by atoms with Crippen molar-refractivity contribution >= 4 is 17.4 Å². The third-order valence-corrected chi connectivity index (χ3v) is 2.71. The number of benzene rings is 1. The molecule has 2 aromatic rings. The van der Waals surface area contributed by atoms with Gasteiger partial charge < -0.3 is 10.6 Å². The molecule has 0 aliphatic rings. The molecule has 1 aromatic heterocycles. The molecule has 8 nitrogen and oxygen atoms in total. The fourth-order valence-corrected chi connectivity index (χ4v) is 1.57. The highest BCUT2D eigenvalue weighted by atomic mass is 16.6. The van der Waals surface area contributed by atoms with Gasteiger partial charge in [0.2, 0.25) is 0 Å². The van der Waals surface area contributed by atoms with Crippen molar-refractivity contribution < 1.29 is 9.72 Å². The summed E-state index contributed by atoms with van der Waals surface area (Å²) in [5.74, 6) is 0. The zero-order valence-electron chi connectivity index (χ0n) is 10.7. The van der Waals surface area contributed by atoms with Gasteiger partial charge >= 0.3 is 6.03 Å². The molecule has 20 heavy (non-hydrogen) atoms. The zero-order valence-corrected chi connectivity index (χ0v) is 10.7. The number of hydrogen-bond donors (Lipinski definition) is 3. The molecule has 0 bridgehead atoms. The summed E-state index contributed by atoms with van der Waals surface area (Å²) in [7, 11) is 0. The quantitative estimate of drug-likeness (QED) is 0.584. The van der Waals surface area contributed by atoms with Gasteiger partial charge in [-0.05, 0) is 19.1 Å². The Morgan fingerprint density at radius 3 is 2.65 bits per heavy atom. The lowest BCUT2D eigenvalue weighted by Gasteiger charge is -2.06. The number of urea groups is 1. The summed E-state index contributed by atoms with van der Waals surface area (Å²) >= 11 is 0. The van der Waals surface area contributed by atoms with Gasteiger partial charge in [-0.25, -0.2) is 4.79 Å². The Morgan fingerprint density at radius 1 is 1.40 bits per heavy atom. The van der Waals surface area contributed by atoms with Gasteiger partial charge in [-0.1, -0.05) is 0 Å². The maximum absolute atomic E-state index is 11.7. The molecule has 104 valence electrons. The number of carbonyl (C=O) groups excluding carboxylic acids is 1. The molecule has 0 saturated heterocycles. The normalized spacial score (nSPS) is 10.1. The average Bonchev–Trinajstić information content (AvgIpc) is 2.82. The van der Waals surface area contributed by atoms with Crippen molar-refractivity contribution in [3.8, 4) is 0 Å². The van der Waals surface area contributed by atoms with Crippen LogP contribution in [0, 0.1) is 17.0 Å². The third kappa shape index (κ3) is 3.31. The van der Waals surface area contributed by atoms with Gasteiger partial charge in [0, 0.05) is 35.6 Å². The topological polar surface area (TPSA) is 113 Å². The Balaban J connectivity index is 1.88. The predicted molar refractivity (Wildman–Crippen MR) is 72.3 cm³/mol. The number of carbonyl (C=O) groups is 1. The SMILES string of the molecule is Cc1[nH]ncc1CNC(=O)Nc1ccc([N+](=O)[O-])cc1. The number of nitro benzene ring substituents is 1. The molecule has 0 aliphatic carbocycles. The molecular weight excluding hydrogens is 262 g/mol. The van der Waals surface area contributed by atoms with Crippen molar-refractivity contribution in [2.24, 2.45) is 0 Å². The Kier molecular flexibility index (Phi) is 3.94. The first-order valence-corrected chi connectivity index (χ1v) is 5.84. The molecule has 1 aromatic carbocycles. The summed E-state index contributed by atoms with van der Waals surface area (Å²) in [6.07, 6.45) is 1.64. The van der Waals surface area contributed by atoms with Gasteiger partial charge in [-0.2, -0.15) is 5.10 Å². The molecule has 1 heterocycles. The summed E-state index contributed by atoms with van der Waals surface area (Å²) < 4.78 is 0. The number of rotatable bonds is 4. The van der Waals surface area contributed by atoms with Gasteiger partial charge in [-0.3, -0.25) is 15.2 Å². The van der Waals surface area contributed by atoms with E-state index in [4.69, 9.17) is 0 Å². The molecule has 0 fully saturated rings. The largest absolute Gasteiger partial charge is 0.334 e. The fourth-order valence-electron chi connectivity index (χ4n) is 1.57. The van der Waals surface area contributed by atoms with E-state index >= 15 is 0 Å². The number of nitrogens with zero attached hydrogens (tertiary/aromatic N) is 2. The van der Waals surface area contributed by atoms with Crippen LogP contribution in [0.4, 0.5) is 16.2 Å². The number of hydrogen-bond acceptors (Lipinski definition) is 4. The molecule has 2 rings (SSSR count). The van der Waals surface area contributed by atoms with Crippen LogP contribution < -0.4 is 10.6 Å². The van der Waals surface area contributed by atoms with Crippen LogP contribution in [0.1, 0.15) is 11.3 Å². The van der Waals surface area contributed by atoms with Crippen molar-refractivity contribution in [2.75, 3.05) is 5.32 Å². The molecule has 8 heteroatoms. The summed E-state index contributed by atoms with van der Waals surface area (Å²) in [6.45, 7) is 2.21. The Morgan fingerprint density at radius 2 is 2.10 bits per heavy atom. The van der Waals surface area contributed by atoms with E-state index in [-0.39, 0.29) is 11.7 Å². The van der Waals surface area contributed by atoms with E-state index in [0.29, 0.717) is 12.2 Å². The molecule has 0 spiro atoms. The van der Waals surface area contributed by atoms with E-state index < -0.39 is 4.92 Å². The highest BCUT2D eigenvalue weighted by molar-refractivity contribution is 5.89. The monoisotopic (exact) mass is 275 g/mol. The molecule has 0 saturated carbocycles. The number of H-pyrrole nitrogens is 1. The van der Waals surface area contributed by atoms with Gasteiger partial charge in [-0.15, -0.1) is 0 Å². The minimum Gasteiger partial charge on any atom is -0.334 e. The Labute approximate surface area is 114 Å². The second-order valence-electron chi connectivity index (χ2n) is 4.13. The number of anilines is 1. The van der Waals surface area contributed by atoms with Crippen LogP contribution in [0.25, 0.3) is 0 Å². The molecule has 0 atom stereocenters. The standard InChI is InChI=1S/C12H13N5O3/c1-8-9(7-14-16-8)6-13-12(18)15-10-2-4-11(5-3-10)17(19)20/h2-5,7H,6H2,1H3,(H,14,16)(H2,13,15,18). The van der Waals surface area contributed by atoms with Gasteiger partial charge in [0.1, 0.15) is 0 Å². The van der Waals surface area contributed by atoms with Crippen LogP contribution in [0.15, 0.2) is 30.5 Å². The van der Waals surface area contributed by atoms with Crippen molar-refractivity contribution in [2.45, 2.75) is 13.5 Å². The van der Waals surface area contributed by atoms with Crippen molar-refractivity contribution in [3.05, 3.63) is 51.8 Å². The van der Waals surface area contributed by atoms with Crippen molar-refractivity contribution in [1.82, 2.24) is 15.5 Å². The minimum atomic E-state index is -0.495. The summed E-state index contributed by atoms with van der Waals surface area (Å²) in [4.78, 5) is 21.7. The van der Waals surface area contributed by atoms with E-state index in [1.165, 1.54) is 24.3 Å². The number of aromatic amines is 1. The minimum absolute atomic E-state index is 0.0232. The van der Waals surface area contributed by atoms with Gasteiger partial charge in [0.25, 0.3) is 5.69 Å². The van der Waals surface area contributed by atoms with Crippen LogP contribution in [-0.2, 0) is 6.54 Å². The number of nitrogens with one attached hydrogen (secondary N) is 3. The van der Waals surface area contributed by atoms with E-state index in [9.17, 15) is 14.9 Å². The third-order valence-electron chi connectivity index (χ3n) is 2.71. The van der Waals surface area contributed by atoms with Crippen LogP contribution >= 0.6 is 0 Å². The van der Waals surface area contributed by atoms with Crippen LogP contribution in [0.2, 0.25) is 0 Å². The molecule has 3 N–H and O–H groups in total. The zero-order chi connectivity index (χ0) is 14.5. The molecule has 0 unspecified atom stereocenters. The van der Waals surface area contributed by atoms with E-state index in [2.05, 4.69) is 20.8 Å². The summed E-state index contributed by atoms with van der Waals surface area (Å²) in [6, 6.07) is 5.22. The lowest BCUT2D eigenvalue weighted by molar-refractivity contribution is -0.384. The molecule has 2 amide bonds. The van der Waals surface area contributed by atoms with Crippen molar-refractivity contribution in [3.63, 3.8) is 0 Å². The lowest BCUT2D eigenvalue weighted by Crippen LogP contribution is -2.28. The number of aromatic nitrogens is 2. The Bertz CT molecular complexity index is 620. The van der Waals surface area contributed by atoms with Crippen molar-refractivity contribution in [1.29, 1.82) is 0 Å². The number of non-ortho nitro benzene ring substituents is 1. The van der Waals surface area contributed by atoms with Crippen LogP contribution in [0.3, 0.4) is 0 Å². The van der Waals surface area contributed by atoms with E-state index in [0.717, 1.165) is 11.3 Å². The second-order valence-corrected chi connectivity index (χ2v) is 4.13. The summed E-state index contributed by atoms with van der Waals surface area (Å²) in [5, 5.41) is 22.4. The average molecular weight is 275 g/mol. The first kappa shape index (κ1) is 13.5. The van der Waals surface area contributed by atoms with Gasteiger partial charge in [0.15, 0.2) is 0 Å². The van der Waals surface area contributed by atoms with Crippen LogP contribution in [-0.4, -0.2) is 21.2 Å². The first-order chi connectivity index (χ1) is 9.56. The van der Waals surface area contributed by atoms with E-state index in [1.807, 2.05) is 6.92 Å². The number of aryl methyl sites for hydroxylation is 1. The summed E-state index contributed by atoms with van der Waals surface area (Å²) in [5.41, 5.74) is 2.24. The maximum Gasteiger partial charge on any atom is 0.319 e. The van der Waals surface area contributed by atoms with Crippen LogP contribution in [0.5, 0.6) is 0 Å². The second kappa shape index (κ2) is 5.83. The van der Waals surface area contributed by atoms with E-state index in [1.54, 1.807) is 6.20 Å². The fraction of sp³-hybridized carbons (Fsp3) is 0.167. The smallest absolute Gasteiger partial charge is 0.319 e. The Hall–Kier alpha value is -2.90. The maximum atomic E-state index is 11.7. The number of nitro groups is 1. The molecule has 0 radical (unpaired) electrons.